The van der Waals surface area contributed by atoms with E-state index in [2.05, 4.69) is 4.99 Å². The minimum Gasteiger partial charge on any atom is -0.508 e. The number of nitrogens with zero attached hydrogens (tertiary/aromatic N) is 1. The Kier molecular flexibility index (Phi) is 2.77. The lowest BCUT2D eigenvalue weighted by Gasteiger charge is -1.94. The topological polar surface area (TPSA) is 45.7 Å². The van der Waals surface area contributed by atoms with Crippen molar-refractivity contribution in [1.29, 1.82) is 0 Å². The van der Waals surface area contributed by atoms with Crippen LogP contribution in [0.25, 0.3) is 0 Å². The van der Waals surface area contributed by atoms with E-state index in [-0.39, 0.29) is 5.75 Å². The summed E-state index contributed by atoms with van der Waals surface area (Å²) in [6.07, 6.45) is 1.74. The molecule has 82 valence electrons. The van der Waals surface area contributed by atoms with Crippen LogP contribution in [0.5, 0.6) is 5.75 Å². The first-order valence-corrected chi connectivity index (χ1v) is 5.05. The number of aryl methyl sites for hydroxylation is 2. The number of benzene rings is 1. The molecule has 0 aliphatic carbocycles. The molecule has 1 aromatic carbocycles. The van der Waals surface area contributed by atoms with Gasteiger partial charge in [-0.2, -0.15) is 0 Å². The van der Waals surface area contributed by atoms with Crippen molar-refractivity contribution in [3.8, 4) is 5.75 Å². The van der Waals surface area contributed by atoms with Crippen LogP contribution in [0.4, 0.5) is 5.69 Å². The van der Waals surface area contributed by atoms with E-state index < -0.39 is 0 Å². The highest BCUT2D eigenvalue weighted by Crippen LogP contribution is 2.19. The van der Waals surface area contributed by atoms with E-state index in [1.807, 2.05) is 26.0 Å². The van der Waals surface area contributed by atoms with Gasteiger partial charge in [0.2, 0.25) is 0 Å². The highest BCUT2D eigenvalue weighted by atomic mass is 16.3. The van der Waals surface area contributed by atoms with E-state index in [1.165, 1.54) is 0 Å². The summed E-state index contributed by atoms with van der Waals surface area (Å²) in [6.45, 7) is 3.80. The number of phenolic OH excluding ortho intramolecular Hbond substituents is 1. The van der Waals surface area contributed by atoms with Crippen LogP contribution in [0.3, 0.4) is 0 Å². The third kappa shape index (κ3) is 2.31. The maximum absolute atomic E-state index is 9.28. The molecule has 2 aromatic rings. The predicted molar refractivity (Wildman–Crippen MR) is 63.5 cm³/mol. The van der Waals surface area contributed by atoms with E-state index in [1.54, 1.807) is 24.4 Å². The number of furan rings is 1. The number of aromatic hydroxyl groups is 1. The monoisotopic (exact) mass is 215 g/mol. The summed E-state index contributed by atoms with van der Waals surface area (Å²) in [5, 5.41) is 9.28. The zero-order chi connectivity index (χ0) is 11.5. The molecule has 0 bridgehead atoms. The van der Waals surface area contributed by atoms with Gasteiger partial charge < -0.3 is 9.52 Å². The number of hydrogen-bond acceptors (Lipinski definition) is 3. The zero-order valence-corrected chi connectivity index (χ0v) is 9.27. The zero-order valence-electron chi connectivity index (χ0n) is 9.27. The van der Waals surface area contributed by atoms with E-state index in [9.17, 15) is 5.11 Å². The van der Waals surface area contributed by atoms with Crippen LogP contribution < -0.4 is 0 Å². The molecule has 0 amide bonds. The molecule has 0 unspecified atom stereocenters. The molecule has 0 aliphatic rings. The Morgan fingerprint density at radius 1 is 1.25 bits per heavy atom. The first-order valence-electron chi connectivity index (χ1n) is 5.05. The van der Waals surface area contributed by atoms with Gasteiger partial charge in [-0.05, 0) is 32.0 Å². The summed E-state index contributed by atoms with van der Waals surface area (Å²) in [5.41, 5.74) is 1.68. The third-order valence-electron chi connectivity index (χ3n) is 2.26. The Hall–Kier alpha value is -2.03. The van der Waals surface area contributed by atoms with Gasteiger partial charge in [-0.25, -0.2) is 0 Å². The molecule has 1 aromatic heterocycles. The fourth-order valence-corrected chi connectivity index (χ4v) is 1.50. The molecule has 0 spiro atoms. The summed E-state index contributed by atoms with van der Waals surface area (Å²) >= 11 is 0. The molecule has 0 saturated carbocycles. The smallest absolute Gasteiger partial charge is 0.117 e. The van der Waals surface area contributed by atoms with Gasteiger partial charge in [0, 0.05) is 17.8 Å². The molecule has 3 heteroatoms. The van der Waals surface area contributed by atoms with Gasteiger partial charge >= 0.3 is 0 Å². The molecule has 0 saturated heterocycles. The van der Waals surface area contributed by atoms with Crippen molar-refractivity contribution in [3.05, 3.63) is 47.4 Å². The Bertz CT molecular complexity index is 526. The van der Waals surface area contributed by atoms with E-state index in [0.717, 1.165) is 22.8 Å². The largest absolute Gasteiger partial charge is 0.508 e. The van der Waals surface area contributed by atoms with Crippen LogP contribution in [0, 0.1) is 13.8 Å². The van der Waals surface area contributed by atoms with Gasteiger partial charge in [-0.15, -0.1) is 0 Å². The number of rotatable bonds is 2. The van der Waals surface area contributed by atoms with Gasteiger partial charge in [0.05, 0.1) is 5.69 Å². The Balaban J connectivity index is 2.24. The van der Waals surface area contributed by atoms with Crippen LogP contribution in [-0.4, -0.2) is 11.3 Å². The second kappa shape index (κ2) is 4.23. The van der Waals surface area contributed by atoms with Crippen LogP contribution in [-0.2, 0) is 0 Å². The van der Waals surface area contributed by atoms with Crippen molar-refractivity contribution >= 4 is 11.9 Å². The summed E-state index contributed by atoms with van der Waals surface area (Å²) < 4.78 is 5.39. The second-order valence-corrected chi connectivity index (χ2v) is 3.65. The minimum absolute atomic E-state index is 0.217. The van der Waals surface area contributed by atoms with Crippen LogP contribution in [0.2, 0.25) is 0 Å². The van der Waals surface area contributed by atoms with E-state index >= 15 is 0 Å². The fraction of sp³-hybridized carbons (Fsp3) is 0.154. The van der Waals surface area contributed by atoms with Crippen LogP contribution >= 0.6 is 0 Å². The third-order valence-corrected chi connectivity index (χ3v) is 2.26. The normalized spacial score (nSPS) is 11.1. The lowest BCUT2D eigenvalue weighted by Crippen LogP contribution is -1.78. The highest BCUT2D eigenvalue weighted by molar-refractivity contribution is 5.83. The second-order valence-electron chi connectivity index (χ2n) is 3.65. The molecule has 3 nitrogen and oxygen atoms in total. The summed E-state index contributed by atoms with van der Waals surface area (Å²) in [7, 11) is 0. The maximum Gasteiger partial charge on any atom is 0.117 e. The van der Waals surface area contributed by atoms with Crippen LogP contribution in [0.15, 0.2) is 39.7 Å². The SMILES string of the molecule is Cc1cc(C=Nc2cccc(O)c2)c(C)o1. The lowest BCUT2D eigenvalue weighted by atomic mass is 10.2. The molecule has 16 heavy (non-hydrogen) atoms. The summed E-state index contributed by atoms with van der Waals surface area (Å²) in [4.78, 5) is 4.27. The minimum atomic E-state index is 0.217. The van der Waals surface area contributed by atoms with Gasteiger partial charge in [0.15, 0.2) is 0 Å². The molecule has 0 fully saturated rings. The molecule has 0 aliphatic heterocycles. The quantitative estimate of drug-likeness (QED) is 0.781. The first kappa shape index (κ1) is 10.5. The average Bonchev–Trinajstić information content (AvgIpc) is 2.54. The fourth-order valence-electron chi connectivity index (χ4n) is 1.50. The predicted octanol–water partition coefficient (Wildman–Crippen LogP) is 3.35. The van der Waals surface area contributed by atoms with Gasteiger partial charge in [-0.3, -0.25) is 4.99 Å². The van der Waals surface area contributed by atoms with Crippen molar-refractivity contribution in [2.24, 2.45) is 4.99 Å². The van der Waals surface area contributed by atoms with Gasteiger partial charge in [0.25, 0.3) is 0 Å². The number of hydrogen-bond donors (Lipinski definition) is 1. The van der Waals surface area contributed by atoms with Crippen molar-refractivity contribution in [2.45, 2.75) is 13.8 Å². The Morgan fingerprint density at radius 3 is 2.69 bits per heavy atom. The maximum atomic E-state index is 9.28. The molecular weight excluding hydrogens is 202 g/mol. The average molecular weight is 215 g/mol. The van der Waals surface area contributed by atoms with Crippen molar-refractivity contribution in [1.82, 2.24) is 0 Å². The Morgan fingerprint density at radius 2 is 2.06 bits per heavy atom. The first-order chi connectivity index (χ1) is 7.65. The van der Waals surface area contributed by atoms with Crippen LogP contribution in [0.1, 0.15) is 17.1 Å². The van der Waals surface area contributed by atoms with E-state index in [4.69, 9.17) is 4.42 Å². The van der Waals surface area contributed by atoms with Gasteiger partial charge in [0.1, 0.15) is 17.3 Å². The molecule has 1 N–H and O–H groups in total. The standard InChI is InChI=1S/C13H13NO2/c1-9-6-11(10(2)16-9)8-14-12-4-3-5-13(15)7-12/h3-8,15H,1-2H3. The summed E-state index contributed by atoms with van der Waals surface area (Å²) in [5.74, 6) is 1.94. The number of aliphatic imine (C=N–C) groups is 1. The molecule has 1 heterocycles. The summed E-state index contributed by atoms with van der Waals surface area (Å²) in [6, 6.07) is 8.75. The molecular formula is C13H13NO2. The lowest BCUT2D eigenvalue weighted by molar-refractivity contribution is 0.475. The molecule has 2 rings (SSSR count). The molecule has 0 atom stereocenters. The van der Waals surface area contributed by atoms with Gasteiger partial charge in [-0.1, -0.05) is 6.07 Å². The number of phenols is 1. The Labute approximate surface area is 94.1 Å². The van der Waals surface area contributed by atoms with Crippen molar-refractivity contribution in [2.75, 3.05) is 0 Å². The molecule has 0 radical (unpaired) electrons. The van der Waals surface area contributed by atoms with Crippen molar-refractivity contribution < 1.29 is 9.52 Å². The van der Waals surface area contributed by atoms with Crippen molar-refractivity contribution in [3.63, 3.8) is 0 Å². The van der Waals surface area contributed by atoms with E-state index in [0.29, 0.717) is 0 Å². The highest BCUT2D eigenvalue weighted by Gasteiger charge is 2.01.